The Morgan fingerprint density at radius 1 is 0.400 bits per heavy atom. The van der Waals surface area contributed by atoms with Crippen molar-refractivity contribution in [1.29, 1.82) is 0 Å². The lowest BCUT2D eigenvalue weighted by Crippen LogP contribution is -2.61. The van der Waals surface area contributed by atoms with Crippen molar-refractivity contribution >= 4 is 23.9 Å². The van der Waals surface area contributed by atoms with Crippen molar-refractivity contribution in [2.75, 3.05) is 13.2 Å². The van der Waals surface area contributed by atoms with E-state index in [2.05, 4.69) is 106 Å². The third-order valence-electron chi connectivity index (χ3n) is 15.4. The molecule has 85 heavy (non-hydrogen) atoms. The van der Waals surface area contributed by atoms with Gasteiger partial charge >= 0.3 is 23.9 Å². The fraction of sp³-hybridized carbons (Fsp3) is 0.753. The number of carbonyl (C=O) groups is 4. The van der Waals surface area contributed by atoms with E-state index in [1.807, 2.05) is 0 Å². The molecule has 12 nitrogen and oxygen atoms in total. The van der Waals surface area contributed by atoms with Crippen LogP contribution in [0.2, 0.25) is 0 Å². The Hall–Kier alpha value is -4.10. The molecule has 1 rings (SSSR count). The molecule has 0 aromatic rings. The van der Waals surface area contributed by atoms with Gasteiger partial charge in [0.15, 0.2) is 24.6 Å². The smallest absolute Gasteiger partial charge is 0.335 e. The minimum atomic E-state index is -1.92. The van der Waals surface area contributed by atoms with Gasteiger partial charge in [-0.05, 0) is 116 Å². The zero-order chi connectivity index (χ0) is 61.7. The van der Waals surface area contributed by atoms with Gasteiger partial charge in [-0.15, -0.1) is 0 Å². The average Bonchev–Trinajstić information content (AvgIpc) is 2.83. The molecule has 1 heterocycles. The maximum Gasteiger partial charge on any atom is 0.335 e. The molecule has 1 fully saturated rings. The molecule has 6 unspecified atom stereocenters. The van der Waals surface area contributed by atoms with E-state index in [0.717, 1.165) is 109 Å². The molecule has 488 valence electrons. The molecule has 0 spiro atoms. The standard InChI is InChI=1S/C73H124O12/c1-4-7-10-13-16-19-22-25-28-31-33-36-38-41-44-47-50-53-56-59-65(74)81-62-64(83-66(75)60-57-54-51-48-45-42-40-37-34-32-29-26-23-20-17-14-11-8-5-2)63-82-73-71(69(78)68(77)70(85-73)72(79)80)84-67(76)61-58-55-52-49-46-43-39-35-30-27-24-21-18-15-12-9-6-3/h9,12,16,18-19,21,25-30,39,43,64,68-71,73,77-78H,4-8,10-11,13-15,17,20,22-24,31-38,40-42,44-63H2,1-3H3,(H,79,80)/b12-9-,19-16-,21-18-,28-25-,29-26-,30-27-,43-39-. The number of unbranched alkanes of at least 4 members (excludes halogenated alkanes) is 31. The molecule has 6 atom stereocenters. The molecule has 0 aromatic heterocycles. The van der Waals surface area contributed by atoms with Gasteiger partial charge < -0.3 is 39.0 Å². The van der Waals surface area contributed by atoms with Crippen LogP contribution in [0, 0.1) is 0 Å². The zero-order valence-corrected chi connectivity index (χ0v) is 54.1. The summed E-state index contributed by atoms with van der Waals surface area (Å²) < 4.78 is 28.6. The predicted octanol–water partition coefficient (Wildman–Crippen LogP) is 19.0. The summed E-state index contributed by atoms with van der Waals surface area (Å²) in [7, 11) is 0. The van der Waals surface area contributed by atoms with Crippen molar-refractivity contribution in [2.24, 2.45) is 0 Å². The first kappa shape index (κ1) is 78.9. The number of carboxylic acid groups (broad SMARTS) is 1. The summed E-state index contributed by atoms with van der Waals surface area (Å²) in [6.45, 7) is 5.88. The van der Waals surface area contributed by atoms with Gasteiger partial charge in [0.25, 0.3) is 0 Å². The van der Waals surface area contributed by atoms with Crippen LogP contribution in [0.1, 0.15) is 303 Å². The fourth-order valence-electron chi connectivity index (χ4n) is 10.2. The first-order valence-electron chi connectivity index (χ1n) is 34.6. The number of aliphatic hydroxyl groups is 2. The zero-order valence-electron chi connectivity index (χ0n) is 54.1. The second-order valence-electron chi connectivity index (χ2n) is 23.4. The van der Waals surface area contributed by atoms with Crippen LogP contribution < -0.4 is 0 Å². The molecular weight excluding hydrogens is 1070 g/mol. The van der Waals surface area contributed by atoms with E-state index in [1.165, 1.54) is 135 Å². The van der Waals surface area contributed by atoms with Crippen LogP contribution in [0.25, 0.3) is 0 Å². The molecule has 1 aliphatic heterocycles. The van der Waals surface area contributed by atoms with E-state index >= 15 is 0 Å². The monoisotopic (exact) mass is 1190 g/mol. The third-order valence-corrected chi connectivity index (χ3v) is 15.4. The number of aliphatic carboxylic acids is 1. The predicted molar refractivity (Wildman–Crippen MR) is 349 cm³/mol. The number of carboxylic acids is 1. The van der Waals surface area contributed by atoms with Crippen LogP contribution in [-0.4, -0.2) is 89.2 Å². The maximum atomic E-state index is 13.2. The van der Waals surface area contributed by atoms with Gasteiger partial charge in [-0.2, -0.15) is 0 Å². The van der Waals surface area contributed by atoms with Crippen molar-refractivity contribution in [1.82, 2.24) is 0 Å². The Balaban J connectivity index is 2.66. The summed E-state index contributed by atoms with van der Waals surface area (Å²) in [5, 5.41) is 31.6. The van der Waals surface area contributed by atoms with Gasteiger partial charge in [-0.1, -0.05) is 254 Å². The van der Waals surface area contributed by atoms with Crippen LogP contribution in [0.5, 0.6) is 0 Å². The second-order valence-corrected chi connectivity index (χ2v) is 23.4. The van der Waals surface area contributed by atoms with E-state index in [0.29, 0.717) is 19.3 Å². The van der Waals surface area contributed by atoms with Crippen molar-refractivity contribution in [3.05, 3.63) is 85.1 Å². The van der Waals surface area contributed by atoms with Crippen LogP contribution in [0.3, 0.4) is 0 Å². The van der Waals surface area contributed by atoms with E-state index in [9.17, 15) is 34.5 Å². The fourth-order valence-corrected chi connectivity index (χ4v) is 10.2. The highest BCUT2D eigenvalue weighted by atomic mass is 16.7. The molecule has 1 aliphatic rings. The summed E-state index contributed by atoms with van der Waals surface area (Å²) in [5.41, 5.74) is 0. The number of esters is 3. The Bertz CT molecular complexity index is 1800. The quantitative estimate of drug-likeness (QED) is 0.0228. The Morgan fingerprint density at radius 3 is 1.16 bits per heavy atom. The minimum Gasteiger partial charge on any atom is -0.479 e. The molecule has 0 bridgehead atoms. The van der Waals surface area contributed by atoms with E-state index in [-0.39, 0.29) is 25.9 Å². The van der Waals surface area contributed by atoms with Crippen LogP contribution in [-0.2, 0) is 42.9 Å². The molecule has 1 saturated heterocycles. The van der Waals surface area contributed by atoms with Crippen molar-refractivity contribution in [3.8, 4) is 0 Å². The number of ether oxygens (including phenoxy) is 5. The summed E-state index contributed by atoms with van der Waals surface area (Å²) >= 11 is 0. The number of allylic oxidation sites excluding steroid dienone is 14. The first-order chi connectivity index (χ1) is 41.6. The SMILES string of the molecule is CC/C=C\C/C=C\C/C=C\C/C=C\CCCCCCC(=O)OC1C(OCC(COC(=O)CCCCCCCCCCC/C=C\C/C=C\CCCCC)OC(=O)CCCCCCCCCCC/C=C\CCCCCCCC)OC(C(=O)O)C(O)C1O. The van der Waals surface area contributed by atoms with E-state index < -0.39 is 67.3 Å². The highest BCUT2D eigenvalue weighted by molar-refractivity contribution is 5.74. The summed E-state index contributed by atoms with van der Waals surface area (Å²) in [5.74, 6) is -3.14. The van der Waals surface area contributed by atoms with Crippen LogP contribution >= 0.6 is 0 Å². The molecule has 12 heteroatoms. The summed E-state index contributed by atoms with van der Waals surface area (Å²) in [6, 6.07) is 0. The minimum absolute atomic E-state index is 0.0300. The average molecular weight is 1190 g/mol. The van der Waals surface area contributed by atoms with Gasteiger partial charge in [0, 0.05) is 19.3 Å². The summed E-state index contributed by atoms with van der Waals surface area (Å²) in [4.78, 5) is 51.5. The molecular formula is C73H124O12. The number of aliphatic hydroxyl groups excluding tert-OH is 2. The normalized spacial score (nSPS) is 18.0. The molecule has 0 saturated carbocycles. The van der Waals surface area contributed by atoms with Crippen molar-refractivity contribution < 1.29 is 58.2 Å². The molecule has 0 aromatic carbocycles. The molecule has 0 radical (unpaired) electrons. The van der Waals surface area contributed by atoms with Gasteiger partial charge in [0.05, 0.1) is 6.61 Å². The van der Waals surface area contributed by atoms with Crippen LogP contribution in [0.4, 0.5) is 0 Å². The van der Waals surface area contributed by atoms with Crippen molar-refractivity contribution in [2.45, 2.75) is 340 Å². The Labute approximate surface area is 518 Å². The highest BCUT2D eigenvalue weighted by Gasteiger charge is 2.50. The molecule has 3 N–H and O–H groups in total. The maximum absolute atomic E-state index is 13.2. The topological polar surface area (TPSA) is 175 Å². The lowest BCUT2D eigenvalue weighted by molar-refractivity contribution is -0.301. The number of carbonyl (C=O) groups excluding carboxylic acids is 3. The molecule has 0 amide bonds. The van der Waals surface area contributed by atoms with Gasteiger partial charge in [0.2, 0.25) is 0 Å². The lowest BCUT2D eigenvalue weighted by atomic mass is 9.98. The lowest BCUT2D eigenvalue weighted by Gasteiger charge is -2.40. The first-order valence-corrected chi connectivity index (χ1v) is 34.6. The summed E-state index contributed by atoms with van der Waals surface area (Å²) in [6.07, 6.45) is 66.7. The van der Waals surface area contributed by atoms with Gasteiger partial charge in [-0.3, -0.25) is 14.4 Å². The number of hydrogen-bond acceptors (Lipinski definition) is 11. The van der Waals surface area contributed by atoms with Gasteiger partial charge in [0.1, 0.15) is 18.8 Å². The number of rotatable bonds is 59. The Morgan fingerprint density at radius 2 is 0.741 bits per heavy atom. The third kappa shape index (κ3) is 49.6. The van der Waals surface area contributed by atoms with Crippen molar-refractivity contribution in [3.63, 3.8) is 0 Å². The number of hydrogen-bond donors (Lipinski definition) is 3. The van der Waals surface area contributed by atoms with E-state index in [1.54, 1.807) is 0 Å². The van der Waals surface area contributed by atoms with E-state index in [4.69, 9.17) is 23.7 Å². The van der Waals surface area contributed by atoms with Gasteiger partial charge in [-0.25, -0.2) is 4.79 Å². The van der Waals surface area contributed by atoms with Crippen LogP contribution in [0.15, 0.2) is 85.1 Å². The molecule has 0 aliphatic carbocycles. The Kier molecular flexibility index (Phi) is 55.9. The largest absolute Gasteiger partial charge is 0.479 e. The second kappa shape index (κ2) is 60.2. The highest BCUT2D eigenvalue weighted by Crippen LogP contribution is 2.27.